The van der Waals surface area contributed by atoms with Gasteiger partial charge in [-0.05, 0) is 31.1 Å². The topological polar surface area (TPSA) is 175 Å². The van der Waals surface area contributed by atoms with Gasteiger partial charge in [0.05, 0.1) is 29.5 Å². The number of hydrogen-bond acceptors (Lipinski definition) is 9. The molecule has 0 spiro atoms. The number of rotatable bonds is 3. The Hall–Kier alpha value is -3.73. The van der Waals surface area contributed by atoms with E-state index in [4.69, 9.17) is 5.73 Å². The number of ketones is 4. The van der Waals surface area contributed by atoms with Gasteiger partial charge >= 0.3 is 0 Å². The van der Waals surface area contributed by atoms with Gasteiger partial charge in [0.15, 0.2) is 34.7 Å². The molecule has 0 radical (unpaired) electrons. The van der Waals surface area contributed by atoms with Crippen LogP contribution in [0.2, 0.25) is 0 Å². The van der Waals surface area contributed by atoms with Crippen LogP contribution in [0.4, 0.5) is 0 Å². The Morgan fingerprint density at radius 1 is 1.00 bits per heavy atom. The van der Waals surface area contributed by atoms with E-state index in [1.54, 1.807) is 49.4 Å². The number of carbonyl (C=O) groups is 5. The first-order valence-electron chi connectivity index (χ1n) is 12.3. The number of amides is 1. The molecule has 0 bridgehead atoms. The van der Waals surface area contributed by atoms with E-state index in [0.717, 1.165) is 0 Å². The van der Waals surface area contributed by atoms with Gasteiger partial charge in [0.1, 0.15) is 5.75 Å². The quantitative estimate of drug-likeness (QED) is 0.408. The summed E-state index contributed by atoms with van der Waals surface area (Å²) < 4.78 is 0. The van der Waals surface area contributed by atoms with Crippen molar-refractivity contribution >= 4 is 29.0 Å². The standard InChI is InChI=1S/C28H28N2O8/c1-11-13-9-10-14(12-7-5-4-6-8-12)21(31)16(13)22(32)17-15(11)23(33)19-20(30(2)3)24(34)18(27(29)37)26(36)28(19,38)25(17)35/h4-11,15,17-20,23,31,33,38H,1-3H3,(H2,29,37)/t11-,15+,17?,18?,19+,20?,23-,28-/m0/s1. The zero-order valence-corrected chi connectivity index (χ0v) is 21.0. The summed E-state index contributed by atoms with van der Waals surface area (Å²) in [5, 5.41) is 34.5. The molecule has 2 aromatic carbocycles. The Morgan fingerprint density at radius 2 is 1.63 bits per heavy atom. The number of likely N-dealkylation sites (N-methyl/N-ethyl adjacent to an activating group) is 1. The predicted octanol–water partition coefficient (Wildman–Crippen LogP) is 0.0658. The number of primary amides is 1. The Kier molecular flexibility index (Phi) is 5.90. The minimum Gasteiger partial charge on any atom is -0.507 e. The summed E-state index contributed by atoms with van der Waals surface area (Å²) in [6.07, 6.45) is -1.65. The van der Waals surface area contributed by atoms with Crippen molar-refractivity contribution < 1.29 is 39.3 Å². The molecule has 10 nitrogen and oxygen atoms in total. The van der Waals surface area contributed by atoms with Crippen LogP contribution < -0.4 is 5.73 Å². The molecule has 5 N–H and O–H groups in total. The van der Waals surface area contributed by atoms with Crippen LogP contribution in [0, 0.1) is 23.7 Å². The lowest BCUT2D eigenvalue weighted by atomic mass is 9.49. The smallest absolute Gasteiger partial charge is 0.235 e. The van der Waals surface area contributed by atoms with E-state index < -0.39 is 76.4 Å². The summed E-state index contributed by atoms with van der Waals surface area (Å²) in [7, 11) is 2.90. The Labute approximate surface area is 218 Å². The van der Waals surface area contributed by atoms with Crippen molar-refractivity contribution in [3.63, 3.8) is 0 Å². The summed E-state index contributed by atoms with van der Waals surface area (Å²) >= 11 is 0. The highest BCUT2D eigenvalue weighted by Crippen LogP contribution is 2.55. The minimum atomic E-state index is -3.01. The molecule has 0 aromatic heterocycles. The van der Waals surface area contributed by atoms with Crippen molar-refractivity contribution in [1.82, 2.24) is 4.90 Å². The highest BCUT2D eigenvalue weighted by Gasteiger charge is 2.72. The molecule has 198 valence electrons. The van der Waals surface area contributed by atoms with Gasteiger partial charge in [-0.2, -0.15) is 0 Å². The zero-order chi connectivity index (χ0) is 27.8. The second-order valence-corrected chi connectivity index (χ2v) is 10.7. The van der Waals surface area contributed by atoms with Crippen molar-refractivity contribution in [3.8, 4) is 16.9 Å². The fraction of sp³-hybridized carbons (Fsp3) is 0.393. The molecular weight excluding hydrogens is 492 g/mol. The molecule has 8 atom stereocenters. The number of hydrogen-bond donors (Lipinski definition) is 4. The molecule has 3 aliphatic rings. The molecule has 0 heterocycles. The molecule has 38 heavy (non-hydrogen) atoms. The molecule has 3 unspecified atom stereocenters. The summed E-state index contributed by atoms with van der Waals surface area (Å²) in [6, 6.07) is 10.7. The first-order valence-corrected chi connectivity index (χ1v) is 12.3. The average Bonchev–Trinajstić information content (AvgIpc) is 2.86. The molecule has 2 saturated carbocycles. The molecule has 3 aliphatic carbocycles. The van der Waals surface area contributed by atoms with E-state index in [2.05, 4.69) is 0 Å². The fourth-order valence-corrected chi connectivity index (χ4v) is 6.84. The van der Waals surface area contributed by atoms with Crippen molar-refractivity contribution in [2.24, 2.45) is 29.4 Å². The molecule has 2 aromatic rings. The van der Waals surface area contributed by atoms with Gasteiger partial charge in [-0.15, -0.1) is 0 Å². The van der Waals surface area contributed by atoms with E-state index in [1.807, 2.05) is 0 Å². The van der Waals surface area contributed by atoms with Crippen LogP contribution in [-0.4, -0.2) is 81.1 Å². The summed E-state index contributed by atoms with van der Waals surface area (Å²) in [5.74, 6) is -13.3. The number of nitrogens with two attached hydrogens (primary N) is 1. The monoisotopic (exact) mass is 520 g/mol. The molecular formula is C28H28N2O8. The largest absolute Gasteiger partial charge is 0.507 e. The first kappa shape index (κ1) is 25.9. The van der Waals surface area contributed by atoms with E-state index in [9.17, 15) is 39.3 Å². The van der Waals surface area contributed by atoms with Gasteiger partial charge in [0.2, 0.25) is 5.91 Å². The van der Waals surface area contributed by atoms with Crippen molar-refractivity contribution in [2.75, 3.05) is 14.1 Å². The van der Waals surface area contributed by atoms with Gasteiger partial charge in [-0.1, -0.05) is 49.4 Å². The second-order valence-electron chi connectivity index (χ2n) is 10.7. The Morgan fingerprint density at radius 3 is 2.21 bits per heavy atom. The van der Waals surface area contributed by atoms with Crippen molar-refractivity contribution in [3.05, 3.63) is 53.6 Å². The SMILES string of the molecule is C[C@H]1c2ccc(-c3ccccc3)c(O)c2C(=O)C2C(=O)[C@]3(O)C(=O)C(C(N)=O)C(=O)C(N(C)C)[C@@H]3[C@@H](O)[C@@H]21. The number of fused-ring (bicyclic) bond motifs is 3. The van der Waals surface area contributed by atoms with Crippen LogP contribution in [-0.2, 0) is 19.2 Å². The molecule has 1 amide bonds. The number of Topliss-reactive ketones (excluding diaryl/α,β-unsaturated/α-hetero) is 4. The lowest BCUT2D eigenvalue weighted by molar-refractivity contribution is -0.196. The fourth-order valence-electron chi connectivity index (χ4n) is 6.84. The number of aromatic hydroxyl groups is 1. The highest BCUT2D eigenvalue weighted by molar-refractivity contribution is 6.32. The van der Waals surface area contributed by atoms with Crippen molar-refractivity contribution in [1.29, 1.82) is 0 Å². The maximum atomic E-state index is 14.0. The van der Waals surface area contributed by atoms with Crippen molar-refractivity contribution in [2.45, 2.75) is 30.6 Å². The van der Waals surface area contributed by atoms with E-state index in [-0.39, 0.29) is 11.3 Å². The van der Waals surface area contributed by atoms with Gasteiger partial charge < -0.3 is 21.1 Å². The lowest BCUT2D eigenvalue weighted by Gasteiger charge is -2.56. The lowest BCUT2D eigenvalue weighted by Crippen LogP contribution is -2.77. The maximum Gasteiger partial charge on any atom is 0.235 e. The van der Waals surface area contributed by atoms with Gasteiger partial charge in [0.25, 0.3) is 0 Å². The number of phenolic OH excluding ortho intramolecular Hbond substituents is 1. The third-order valence-electron chi connectivity index (χ3n) is 8.57. The third-order valence-corrected chi connectivity index (χ3v) is 8.57. The van der Waals surface area contributed by atoms with Gasteiger partial charge in [-0.25, -0.2) is 0 Å². The van der Waals surface area contributed by atoms with E-state index in [0.29, 0.717) is 16.7 Å². The number of nitrogens with zero attached hydrogens (tertiary/aromatic N) is 1. The predicted molar refractivity (Wildman–Crippen MR) is 133 cm³/mol. The van der Waals surface area contributed by atoms with Gasteiger partial charge in [0, 0.05) is 11.5 Å². The Bertz CT molecular complexity index is 1400. The van der Waals surface area contributed by atoms with Crippen LogP contribution in [0.25, 0.3) is 11.1 Å². The number of phenols is 1. The van der Waals surface area contributed by atoms with Crippen LogP contribution in [0.5, 0.6) is 5.75 Å². The summed E-state index contributed by atoms with van der Waals surface area (Å²) in [4.78, 5) is 67.9. The summed E-state index contributed by atoms with van der Waals surface area (Å²) in [6.45, 7) is 1.68. The normalized spacial score (nSPS) is 34.5. The molecule has 10 heteroatoms. The number of aliphatic hydroxyl groups excluding tert-OH is 1. The highest BCUT2D eigenvalue weighted by atomic mass is 16.3. The van der Waals surface area contributed by atoms with Gasteiger partial charge in [-0.3, -0.25) is 28.9 Å². The van der Waals surface area contributed by atoms with Crippen LogP contribution in [0.1, 0.15) is 28.8 Å². The van der Waals surface area contributed by atoms with Crippen LogP contribution >= 0.6 is 0 Å². The van der Waals surface area contributed by atoms with Crippen LogP contribution in [0.3, 0.4) is 0 Å². The average molecular weight is 521 g/mol. The molecule has 5 rings (SSSR count). The number of carbonyl (C=O) groups excluding carboxylic acids is 5. The van der Waals surface area contributed by atoms with E-state index >= 15 is 0 Å². The first-order chi connectivity index (χ1) is 17.8. The third kappa shape index (κ3) is 3.20. The maximum absolute atomic E-state index is 14.0. The Balaban J connectivity index is 1.71. The van der Waals surface area contributed by atoms with Crippen LogP contribution in [0.15, 0.2) is 42.5 Å². The van der Waals surface area contributed by atoms with E-state index in [1.165, 1.54) is 19.0 Å². The number of benzene rings is 2. The molecule has 2 fully saturated rings. The molecule has 0 aliphatic heterocycles. The minimum absolute atomic E-state index is 0.127. The zero-order valence-electron chi connectivity index (χ0n) is 21.0. The molecule has 0 saturated heterocycles. The summed E-state index contributed by atoms with van der Waals surface area (Å²) in [5.41, 5.74) is 3.56. The number of aliphatic hydroxyl groups is 2. The second kappa shape index (κ2) is 8.65.